The molecule has 1 saturated carbocycles. The predicted octanol–water partition coefficient (Wildman–Crippen LogP) is 1.21. The van der Waals surface area contributed by atoms with Gasteiger partial charge in [-0.05, 0) is 37.3 Å². The summed E-state index contributed by atoms with van der Waals surface area (Å²) in [5.41, 5.74) is 7.18. The van der Waals surface area contributed by atoms with Crippen molar-refractivity contribution in [1.82, 2.24) is 4.98 Å². The molecular weight excluding hydrogens is 188 g/mol. The molecule has 3 heteroatoms. The van der Waals surface area contributed by atoms with Crippen LogP contribution < -0.4 is 5.73 Å². The van der Waals surface area contributed by atoms with Crippen LogP contribution in [0.5, 0.6) is 0 Å². The first kappa shape index (κ1) is 10.6. The van der Waals surface area contributed by atoms with Crippen LogP contribution in [-0.4, -0.2) is 22.7 Å². The lowest BCUT2D eigenvalue weighted by molar-refractivity contribution is 0.0973. The van der Waals surface area contributed by atoms with Crippen LogP contribution in [0.1, 0.15) is 31.2 Å². The lowest BCUT2D eigenvalue weighted by atomic mass is 9.69. The van der Waals surface area contributed by atoms with Crippen LogP contribution in [0.25, 0.3) is 0 Å². The van der Waals surface area contributed by atoms with Crippen molar-refractivity contribution in [2.75, 3.05) is 6.54 Å². The van der Waals surface area contributed by atoms with Gasteiger partial charge in [-0.3, -0.25) is 4.98 Å². The van der Waals surface area contributed by atoms with E-state index in [0.717, 1.165) is 25.7 Å². The van der Waals surface area contributed by atoms with Crippen LogP contribution in [0.4, 0.5) is 0 Å². The van der Waals surface area contributed by atoms with E-state index in [1.807, 2.05) is 12.3 Å². The SMILES string of the molecule is NCC1(c2cccnc2)CCC(O)CC1. The Balaban J connectivity index is 2.23. The van der Waals surface area contributed by atoms with Crippen LogP contribution in [0.3, 0.4) is 0 Å². The summed E-state index contributed by atoms with van der Waals surface area (Å²) < 4.78 is 0. The maximum absolute atomic E-state index is 9.53. The first-order valence-electron chi connectivity index (χ1n) is 5.55. The van der Waals surface area contributed by atoms with Gasteiger partial charge in [-0.25, -0.2) is 0 Å². The molecule has 0 radical (unpaired) electrons. The zero-order valence-corrected chi connectivity index (χ0v) is 8.89. The molecule has 15 heavy (non-hydrogen) atoms. The average molecular weight is 206 g/mol. The minimum Gasteiger partial charge on any atom is -0.393 e. The van der Waals surface area contributed by atoms with Gasteiger partial charge in [0.05, 0.1) is 6.10 Å². The molecule has 3 N–H and O–H groups in total. The molecule has 1 aromatic rings. The Labute approximate surface area is 90.3 Å². The highest BCUT2D eigenvalue weighted by atomic mass is 16.3. The summed E-state index contributed by atoms with van der Waals surface area (Å²) in [6.45, 7) is 0.644. The molecule has 3 nitrogen and oxygen atoms in total. The number of pyridine rings is 1. The second-order valence-corrected chi connectivity index (χ2v) is 4.46. The molecule has 0 spiro atoms. The quantitative estimate of drug-likeness (QED) is 0.764. The molecule has 1 aromatic heterocycles. The summed E-state index contributed by atoms with van der Waals surface area (Å²) in [6.07, 6.45) is 7.20. The minimum absolute atomic E-state index is 0.0491. The Bertz CT molecular complexity index is 305. The maximum Gasteiger partial charge on any atom is 0.0541 e. The topological polar surface area (TPSA) is 59.1 Å². The maximum atomic E-state index is 9.53. The molecule has 0 aromatic carbocycles. The summed E-state index contributed by atoms with van der Waals surface area (Å²) in [5, 5.41) is 9.53. The largest absolute Gasteiger partial charge is 0.393 e. The van der Waals surface area contributed by atoms with Crippen molar-refractivity contribution in [3.8, 4) is 0 Å². The summed E-state index contributed by atoms with van der Waals surface area (Å²) in [4.78, 5) is 4.15. The van der Waals surface area contributed by atoms with Crippen LogP contribution in [-0.2, 0) is 5.41 Å². The van der Waals surface area contributed by atoms with Crippen molar-refractivity contribution >= 4 is 0 Å². The van der Waals surface area contributed by atoms with E-state index in [9.17, 15) is 5.11 Å². The number of nitrogens with two attached hydrogens (primary N) is 1. The standard InChI is InChI=1S/C12H18N2O/c13-9-12(5-3-11(15)4-6-12)10-2-1-7-14-8-10/h1-2,7-8,11,15H,3-6,9,13H2. The van der Waals surface area contributed by atoms with Gasteiger partial charge in [0.2, 0.25) is 0 Å². The van der Waals surface area contributed by atoms with E-state index in [1.54, 1.807) is 6.20 Å². The Morgan fingerprint density at radius 1 is 1.47 bits per heavy atom. The van der Waals surface area contributed by atoms with Gasteiger partial charge in [0.1, 0.15) is 0 Å². The van der Waals surface area contributed by atoms with Gasteiger partial charge >= 0.3 is 0 Å². The van der Waals surface area contributed by atoms with Crippen molar-refractivity contribution in [3.63, 3.8) is 0 Å². The fourth-order valence-electron chi connectivity index (χ4n) is 2.44. The summed E-state index contributed by atoms with van der Waals surface area (Å²) in [7, 11) is 0. The van der Waals surface area contributed by atoms with E-state index in [1.165, 1.54) is 5.56 Å². The van der Waals surface area contributed by atoms with E-state index >= 15 is 0 Å². The molecule has 0 unspecified atom stereocenters. The van der Waals surface area contributed by atoms with E-state index < -0.39 is 0 Å². The molecule has 0 saturated heterocycles. The number of aromatic nitrogens is 1. The zero-order chi connectivity index (χ0) is 10.7. The smallest absolute Gasteiger partial charge is 0.0541 e. The fourth-order valence-corrected chi connectivity index (χ4v) is 2.44. The minimum atomic E-state index is -0.138. The summed E-state index contributed by atoms with van der Waals surface area (Å²) in [5.74, 6) is 0. The molecule has 1 aliphatic rings. The van der Waals surface area contributed by atoms with Crippen molar-refractivity contribution in [2.24, 2.45) is 5.73 Å². The number of aliphatic hydroxyl groups excluding tert-OH is 1. The van der Waals surface area contributed by atoms with E-state index in [2.05, 4.69) is 11.1 Å². The molecule has 1 fully saturated rings. The molecule has 1 heterocycles. The van der Waals surface area contributed by atoms with Gasteiger partial charge in [-0.15, -0.1) is 0 Å². The van der Waals surface area contributed by atoms with Gasteiger partial charge in [-0.1, -0.05) is 6.07 Å². The molecule has 0 bridgehead atoms. The number of hydrogen-bond donors (Lipinski definition) is 2. The third kappa shape index (κ3) is 2.03. The van der Waals surface area contributed by atoms with E-state index in [0.29, 0.717) is 6.54 Å². The molecule has 2 rings (SSSR count). The average Bonchev–Trinajstić information content (AvgIpc) is 2.32. The van der Waals surface area contributed by atoms with Crippen molar-refractivity contribution in [1.29, 1.82) is 0 Å². The molecule has 0 amide bonds. The van der Waals surface area contributed by atoms with Crippen molar-refractivity contribution in [2.45, 2.75) is 37.2 Å². The second-order valence-electron chi connectivity index (χ2n) is 4.46. The first-order valence-corrected chi connectivity index (χ1v) is 5.55. The molecule has 1 aliphatic carbocycles. The van der Waals surface area contributed by atoms with Gasteiger partial charge in [0.25, 0.3) is 0 Å². The number of aliphatic hydroxyl groups is 1. The van der Waals surface area contributed by atoms with Gasteiger partial charge < -0.3 is 10.8 Å². The van der Waals surface area contributed by atoms with Gasteiger partial charge in [0, 0.05) is 24.4 Å². The zero-order valence-electron chi connectivity index (χ0n) is 8.89. The Morgan fingerprint density at radius 2 is 2.20 bits per heavy atom. The number of rotatable bonds is 2. The van der Waals surface area contributed by atoms with E-state index in [-0.39, 0.29) is 11.5 Å². The fraction of sp³-hybridized carbons (Fsp3) is 0.583. The molecule has 82 valence electrons. The third-order valence-electron chi connectivity index (χ3n) is 3.58. The highest BCUT2D eigenvalue weighted by molar-refractivity contribution is 5.23. The monoisotopic (exact) mass is 206 g/mol. The Kier molecular flexibility index (Phi) is 3.03. The van der Waals surface area contributed by atoms with Crippen LogP contribution >= 0.6 is 0 Å². The van der Waals surface area contributed by atoms with Crippen molar-refractivity contribution in [3.05, 3.63) is 30.1 Å². The predicted molar refractivity (Wildman–Crippen MR) is 59.4 cm³/mol. The van der Waals surface area contributed by atoms with E-state index in [4.69, 9.17) is 5.73 Å². The molecule has 0 aliphatic heterocycles. The lowest BCUT2D eigenvalue weighted by Crippen LogP contribution is -2.40. The molecular formula is C12H18N2O. The summed E-state index contributed by atoms with van der Waals surface area (Å²) >= 11 is 0. The summed E-state index contributed by atoms with van der Waals surface area (Å²) in [6, 6.07) is 4.05. The number of hydrogen-bond acceptors (Lipinski definition) is 3. The number of nitrogens with zero attached hydrogens (tertiary/aromatic N) is 1. The lowest BCUT2D eigenvalue weighted by Gasteiger charge is -2.38. The van der Waals surface area contributed by atoms with Gasteiger partial charge in [-0.2, -0.15) is 0 Å². The normalized spacial score (nSPS) is 31.5. The highest BCUT2D eigenvalue weighted by Gasteiger charge is 2.35. The van der Waals surface area contributed by atoms with Crippen LogP contribution in [0, 0.1) is 0 Å². The van der Waals surface area contributed by atoms with Crippen LogP contribution in [0.2, 0.25) is 0 Å². The second kappa shape index (κ2) is 4.29. The highest BCUT2D eigenvalue weighted by Crippen LogP contribution is 2.38. The van der Waals surface area contributed by atoms with Crippen molar-refractivity contribution < 1.29 is 5.11 Å². The first-order chi connectivity index (χ1) is 7.27. The Morgan fingerprint density at radius 3 is 2.73 bits per heavy atom. The third-order valence-corrected chi connectivity index (χ3v) is 3.58. The Hall–Kier alpha value is -0.930. The molecule has 0 atom stereocenters. The van der Waals surface area contributed by atoms with Crippen LogP contribution in [0.15, 0.2) is 24.5 Å². The van der Waals surface area contributed by atoms with Gasteiger partial charge in [0.15, 0.2) is 0 Å².